The molecule has 26 heavy (non-hydrogen) atoms. The summed E-state index contributed by atoms with van der Waals surface area (Å²) in [6.07, 6.45) is 2.08. The Hall–Kier alpha value is -1.70. The van der Waals surface area contributed by atoms with E-state index in [1.165, 1.54) is 23.1 Å². The molecule has 4 nitrogen and oxygen atoms in total. The van der Waals surface area contributed by atoms with Gasteiger partial charge in [0.15, 0.2) is 4.80 Å². The van der Waals surface area contributed by atoms with Crippen LogP contribution in [0.5, 0.6) is 5.75 Å². The maximum Gasteiger partial charge on any atom is 0.258 e. The Morgan fingerprint density at radius 3 is 2.77 bits per heavy atom. The van der Waals surface area contributed by atoms with E-state index in [4.69, 9.17) is 4.74 Å². The number of thioether (sulfide) groups is 2. The van der Waals surface area contributed by atoms with Gasteiger partial charge in [0, 0.05) is 17.2 Å². The normalized spacial score (nSPS) is 11.8. The first-order valence-electron chi connectivity index (χ1n) is 8.13. The second-order valence-electron chi connectivity index (χ2n) is 5.47. The third-order valence-electron chi connectivity index (χ3n) is 3.73. The SMILES string of the molecule is COc1ccc2c(c1)sc(=NC(=O)CSc1ccccc1)n2CCSC. The molecule has 0 radical (unpaired) electrons. The van der Waals surface area contributed by atoms with Gasteiger partial charge in [-0.15, -0.1) is 11.8 Å². The van der Waals surface area contributed by atoms with Crippen LogP contribution in [0, 0.1) is 0 Å². The lowest BCUT2D eigenvalue weighted by Gasteiger charge is -2.04. The second kappa shape index (κ2) is 9.30. The van der Waals surface area contributed by atoms with Gasteiger partial charge in [-0.3, -0.25) is 4.79 Å². The Kier molecular flexibility index (Phi) is 6.82. The largest absolute Gasteiger partial charge is 0.497 e. The highest BCUT2D eigenvalue weighted by molar-refractivity contribution is 8.00. The van der Waals surface area contributed by atoms with E-state index in [1.54, 1.807) is 18.9 Å². The van der Waals surface area contributed by atoms with E-state index in [2.05, 4.69) is 15.8 Å². The Morgan fingerprint density at radius 1 is 1.23 bits per heavy atom. The third-order valence-corrected chi connectivity index (χ3v) is 6.36. The summed E-state index contributed by atoms with van der Waals surface area (Å²) in [5.41, 5.74) is 1.09. The van der Waals surface area contributed by atoms with Crippen LogP contribution >= 0.6 is 34.9 Å². The summed E-state index contributed by atoms with van der Waals surface area (Å²) in [7, 11) is 1.66. The van der Waals surface area contributed by atoms with Gasteiger partial charge in [-0.2, -0.15) is 16.8 Å². The average Bonchev–Trinajstić information content (AvgIpc) is 3.01. The van der Waals surface area contributed by atoms with E-state index >= 15 is 0 Å². The van der Waals surface area contributed by atoms with Gasteiger partial charge in [0.25, 0.3) is 5.91 Å². The Morgan fingerprint density at radius 2 is 2.04 bits per heavy atom. The number of aryl methyl sites for hydroxylation is 1. The van der Waals surface area contributed by atoms with Crippen LogP contribution < -0.4 is 9.54 Å². The summed E-state index contributed by atoms with van der Waals surface area (Å²) < 4.78 is 8.52. The molecular weight excluding hydrogens is 384 g/mol. The van der Waals surface area contributed by atoms with Crippen LogP contribution in [-0.4, -0.2) is 35.3 Å². The summed E-state index contributed by atoms with van der Waals surface area (Å²) in [6.45, 7) is 0.825. The number of rotatable bonds is 7. The highest BCUT2D eigenvalue weighted by atomic mass is 32.2. The van der Waals surface area contributed by atoms with Crippen LogP contribution in [0.3, 0.4) is 0 Å². The zero-order valence-electron chi connectivity index (χ0n) is 14.7. The number of hydrogen-bond donors (Lipinski definition) is 0. The van der Waals surface area contributed by atoms with Crippen molar-refractivity contribution in [2.75, 3.05) is 24.9 Å². The summed E-state index contributed by atoms with van der Waals surface area (Å²) >= 11 is 4.82. The molecule has 0 bridgehead atoms. The van der Waals surface area contributed by atoms with Crippen LogP contribution in [0.1, 0.15) is 0 Å². The Bertz CT molecular complexity index is 948. The summed E-state index contributed by atoms with van der Waals surface area (Å²) in [5.74, 6) is 2.01. The summed E-state index contributed by atoms with van der Waals surface area (Å²) in [6, 6.07) is 15.9. The maximum atomic E-state index is 12.4. The van der Waals surface area contributed by atoms with Crippen molar-refractivity contribution < 1.29 is 9.53 Å². The van der Waals surface area contributed by atoms with E-state index < -0.39 is 0 Å². The molecule has 3 rings (SSSR count). The Balaban J connectivity index is 1.88. The lowest BCUT2D eigenvalue weighted by molar-refractivity contribution is -0.115. The lowest BCUT2D eigenvalue weighted by Crippen LogP contribution is -2.18. The molecule has 136 valence electrons. The Labute approximate surface area is 165 Å². The third kappa shape index (κ3) is 4.72. The number of aromatic nitrogens is 1. The second-order valence-corrected chi connectivity index (χ2v) is 8.51. The molecule has 1 heterocycles. The van der Waals surface area contributed by atoms with Gasteiger partial charge in [0.2, 0.25) is 0 Å². The molecule has 0 N–H and O–H groups in total. The summed E-state index contributed by atoms with van der Waals surface area (Å²) in [5, 5.41) is 0. The lowest BCUT2D eigenvalue weighted by atomic mass is 10.3. The molecule has 0 aliphatic heterocycles. The van der Waals surface area contributed by atoms with Crippen LogP contribution in [-0.2, 0) is 11.3 Å². The molecule has 0 spiro atoms. The number of thiazole rings is 1. The molecular formula is C19H20N2O2S3. The zero-order chi connectivity index (χ0) is 18.4. The minimum Gasteiger partial charge on any atom is -0.497 e. The molecule has 3 aromatic rings. The topological polar surface area (TPSA) is 43.6 Å². The highest BCUT2D eigenvalue weighted by Crippen LogP contribution is 2.23. The average molecular weight is 405 g/mol. The first-order valence-corrected chi connectivity index (χ1v) is 11.3. The molecule has 0 aliphatic rings. The van der Waals surface area contributed by atoms with Crippen molar-refractivity contribution in [1.29, 1.82) is 0 Å². The minimum absolute atomic E-state index is 0.115. The van der Waals surface area contributed by atoms with Gasteiger partial charge >= 0.3 is 0 Å². The maximum absolute atomic E-state index is 12.4. The number of carbonyl (C=O) groups is 1. The van der Waals surface area contributed by atoms with Crippen molar-refractivity contribution in [3.05, 3.63) is 53.3 Å². The fourth-order valence-electron chi connectivity index (χ4n) is 2.47. The van der Waals surface area contributed by atoms with E-state index in [-0.39, 0.29) is 5.91 Å². The molecule has 0 aliphatic carbocycles. The fourth-order valence-corrected chi connectivity index (χ4v) is 4.64. The molecule has 7 heteroatoms. The highest BCUT2D eigenvalue weighted by Gasteiger charge is 2.09. The minimum atomic E-state index is -0.115. The fraction of sp³-hybridized carbons (Fsp3) is 0.263. The van der Waals surface area contributed by atoms with Crippen molar-refractivity contribution in [3.63, 3.8) is 0 Å². The number of benzene rings is 2. The molecule has 0 saturated carbocycles. The van der Waals surface area contributed by atoms with Crippen molar-refractivity contribution in [1.82, 2.24) is 4.57 Å². The van der Waals surface area contributed by atoms with Gasteiger partial charge < -0.3 is 9.30 Å². The predicted molar refractivity (Wildman–Crippen MR) is 112 cm³/mol. The number of fused-ring (bicyclic) bond motifs is 1. The first kappa shape index (κ1) is 19.1. The number of methoxy groups -OCH3 is 1. The van der Waals surface area contributed by atoms with E-state index in [0.717, 1.165) is 38.0 Å². The number of carbonyl (C=O) groups excluding carboxylic acids is 1. The standard InChI is InChI=1S/C19H20N2O2S3/c1-23-14-8-9-16-17(12-14)26-19(21(16)10-11-24-2)20-18(22)13-25-15-6-4-3-5-7-15/h3-9,12H,10-11,13H2,1-2H3. The number of ether oxygens (including phenoxy) is 1. The predicted octanol–water partition coefficient (Wildman–Crippen LogP) is 4.29. The molecule has 0 saturated heterocycles. The zero-order valence-corrected chi connectivity index (χ0v) is 17.1. The van der Waals surface area contributed by atoms with Crippen molar-refractivity contribution in [3.8, 4) is 5.75 Å². The smallest absolute Gasteiger partial charge is 0.258 e. The van der Waals surface area contributed by atoms with Crippen molar-refractivity contribution in [2.45, 2.75) is 11.4 Å². The number of hydrogen-bond acceptors (Lipinski definition) is 5. The molecule has 1 amide bonds. The number of amides is 1. The van der Waals surface area contributed by atoms with Crippen LogP contribution in [0.4, 0.5) is 0 Å². The molecule has 0 unspecified atom stereocenters. The van der Waals surface area contributed by atoms with E-state index in [1.807, 2.05) is 48.5 Å². The van der Waals surface area contributed by atoms with E-state index in [9.17, 15) is 4.79 Å². The summed E-state index contributed by atoms with van der Waals surface area (Å²) in [4.78, 5) is 18.6. The first-order chi connectivity index (χ1) is 12.7. The van der Waals surface area contributed by atoms with Gasteiger partial charge in [-0.05, 0) is 36.6 Å². The monoisotopic (exact) mass is 404 g/mol. The van der Waals surface area contributed by atoms with Gasteiger partial charge in [0.1, 0.15) is 5.75 Å². The quantitative estimate of drug-likeness (QED) is 0.551. The van der Waals surface area contributed by atoms with Crippen LogP contribution in [0.15, 0.2) is 58.4 Å². The van der Waals surface area contributed by atoms with Crippen LogP contribution in [0.25, 0.3) is 10.2 Å². The van der Waals surface area contributed by atoms with Gasteiger partial charge in [0.05, 0.1) is 23.1 Å². The molecule has 1 aromatic heterocycles. The molecule has 0 atom stereocenters. The van der Waals surface area contributed by atoms with Crippen molar-refractivity contribution >= 4 is 51.0 Å². The molecule has 0 fully saturated rings. The van der Waals surface area contributed by atoms with Gasteiger partial charge in [-0.1, -0.05) is 29.5 Å². The van der Waals surface area contributed by atoms with Crippen LogP contribution in [0.2, 0.25) is 0 Å². The molecule has 2 aromatic carbocycles. The van der Waals surface area contributed by atoms with E-state index in [0.29, 0.717) is 5.75 Å². The van der Waals surface area contributed by atoms with Gasteiger partial charge in [-0.25, -0.2) is 0 Å². The number of nitrogens with zero attached hydrogens (tertiary/aromatic N) is 2. The van der Waals surface area contributed by atoms with Crippen molar-refractivity contribution in [2.24, 2.45) is 4.99 Å².